The molecule has 0 rings (SSSR count). The van der Waals surface area contributed by atoms with Crippen molar-refractivity contribution in [2.75, 3.05) is 0 Å². The van der Waals surface area contributed by atoms with Gasteiger partial charge in [0.15, 0.2) is 0 Å². The monoisotopic (exact) mass is 172 g/mol. The van der Waals surface area contributed by atoms with Crippen LogP contribution < -0.4 is 0 Å². The lowest BCUT2D eigenvalue weighted by Crippen LogP contribution is -2.23. The molecule has 0 heterocycles. The SMILES string of the molecule is CCC(C)S(=O)(=O)C(F)F. The minimum Gasteiger partial charge on any atom is -0.223 e. The van der Waals surface area contributed by atoms with Crippen LogP contribution in [0.3, 0.4) is 0 Å². The molecule has 1 atom stereocenters. The van der Waals surface area contributed by atoms with Gasteiger partial charge in [-0.3, -0.25) is 0 Å². The Hall–Kier alpha value is -0.190. The second-order valence-corrected chi connectivity index (χ2v) is 4.41. The summed E-state index contributed by atoms with van der Waals surface area (Å²) in [5.74, 6) is -3.23. The summed E-state index contributed by atoms with van der Waals surface area (Å²) in [6.07, 6.45) is 0.229. The molecule has 0 saturated heterocycles. The molecular weight excluding hydrogens is 162 g/mol. The molecule has 0 bridgehead atoms. The van der Waals surface area contributed by atoms with Gasteiger partial charge >= 0.3 is 5.76 Å². The largest absolute Gasteiger partial charge is 0.336 e. The summed E-state index contributed by atoms with van der Waals surface area (Å²) in [4.78, 5) is 0. The first kappa shape index (κ1) is 9.81. The maximum absolute atomic E-state index is 11.7. The lowest BCUT2D eigenvalue weighted by molar-refractivity contribution is 0.233. The fourth-order valence-corrected chi connectivity index (χ4v) is 1.22. The molecule has 0 radical (unpaired) electrons. The zero-order chi connectivity index (χ0) is 8.36. The molecule has 0 aromatic rings. The van der Waals surface area contributed by atoms with Crippen molar-refractivity contribution in [3.8, 4) is 0 Å². The van der Waals surface area contributed by atoms with Gasteiger partial charge in [-0.2, -0.15) is 8.78 Å². The summed E-state index contributed by atoms with van der Waals surface area (Å²) in [6, 6.07) is 0. The molecule has 0 aromatic carbocycles. The predicted molar refractivity (Wildman–Crippen MR) is 34.7 cm³/mol. The Morgan fingerprint density at radius 2 is 1.80 bits per heavy atom. The van der Waals surface area contributed by atoms with Crippen molar-refractivity contribution in [3.05, 3.63) is 0 Å². The first-order chi connectivity index (χ1) is 4.42. The van der Waals surface area contributed by atoms with E-state index in [4.69, 9.17) is 0 Å². The van der Waals surface area contributed by atoms with Crippen LogP contribution in [-0.2, 0) is 9.84 Å². The lowest BCUT2D eigenvalue weighted by atomic mass is 10.4. The molecule has 0 aromatic heterocycles. The minimum atomic E-state index is -4.16. The van der Waals surface area contributed by atoms with E-state index < -0.39 is 20.8 Å². The van der Waals surface area contributed by atoms with Crippen molar-refractivity contribution >= 4 is 9.84 Å². The van der Waals surface area contributed by atoms with Gasteiger partial charge in [0.05, 0.1) is 5.25 Å². The van der Waals surface area contributed by atoms with E-state index in [1.807, 2.05) is 0 Å². The van der Waals surface area contributed by atoms with Gasteiger partial charge in [0, 0.05) is 0 Å². The van der Waals surface area contributed by atoms with Crippen molar-refractivity contribution in [3.63, 3.8) is 0 Å². The molecular formula is C5H10F2O2S. The lowest BCUT2D eigenvalue weighted by Gasteiger charge is -2.07. The first-order valence-corrected chi connectivity index (χ1v) is 4.54. The average Bonchev–Trinajstić information content (AvgIpc) is 1.86. The Labute approximate surface area is 59.2 Å². The Morgan fingerprint density at radius 3 is 1.90 bits per heavy atom. The highest BCUT2D eigenvalue weighted by molar-refractivity contribution is 7.92. The van der Waals surface area contributed by atoms with Crippen LogP contribution in [0.25, 0.3) is 0 Å². The van der Waals surface area contributed by atoms with E-state index in [-0.39, 0.29) is 6.42 Å². The van der Waals surface area contributed by atoms with Gasteiger partial charge < -0.3 is 0 Å². The van der Waals surface area contributed by atoms with Crippen LogP contribution in [0.1, 0.15) is 20.3 Å². The Balaban J connectivity index is 4.42. The fraction of sp³-hybridized carbons (Fsp3) is 1.00. The van der Waals surface area contributed by atoms with Crippen LogP contribution >= 0.6 is 0 Å². The maximum atomic E-state index is 11.7. The summed E-state index contributed by atoms with van der Waals surface area (Å²) in [5, 5.41) is -0.938. The second kappa shape index (κ2) is 3.27. The standard InChI is InChI=1S/C5H10F2O2S/c1-3-4(2)10(8,9)5(6)7/h4-5H,3H2,1-2H3. The third kappa shape index (κ3) is 1.90. The van der Waals surface area contributed by atoms with E-state index >= 15 is 0 Å². The fourth-order valence-electron chi connectivity index (χ4n) is 0.408. The van der Waals surface area contributed by atoms with E-state index in [0.29, 0.717) is 0 Å². The summed E-state index contributed by atoms with van der Waals surface area (Å²) in [5.41, 5.74) is 0. The highest BCUT2D eigenvalue weighted by Crippen LogP contribution is 2.13. The normalized spacial score (nSPS) is 15.7. The van der Waals surface area contributed by atoms with Crippen molar-refractivity contribution < 1.29 is 17.2 Å². The number of hydrogen-bond donors (Lipinski definition) is 0. The van der Waals surface area contributed by atoms with E-state index in [1.165, 1.54) is 6.92 Å². The van der Waals surface area contributed by atoms with Gasteiger partial charge in [-0.1, -0.05) is 6.92 Å². The molecule has 0 aliphatic carbocycles. The Kier molecular flexibility index (Phi) is 3.21. The number of sulfone groups is 1. The van der Waals surface area contributed by atoms with Crippen LogP contribution in [0.2, 0.25) is 0 Å². The van der Waals surface area contributed by atoms with Gasteiger partial charge in [0.2, 0.25) is 9.84 Å². The molecule has 2 nitrogen and oxygen atoms in total. The third-order valence-electron chi connectivity index (χ3n) is 1.38. The quantitative estimate of drug-likeness (QED) is 0.645. The van der Waals surface area contributed by atoms with Gasteiger partial charge in [-0.05, 0) is 13.3 Å². The van der Waals surface area contributed by atoms with Crippen LogP contribution in [0.4, 0.5) is 8.78 Å². The van der Waals surface area contributed by atoms with E-state index in [2.05, 4.69) is 0 Å². The van der Waals surface area contributed by atoms with Gasteiger partial charge in [-0.15, -0.1) is 0 Å². The number of hydrogen-bond acceptors (Lipinski definition) is 2. The van der Waals surface area contributed by atoms with Crippen LogP contribution in [-0.4, -0.2) is 19.4 Å². The molecule has 62 valence electrons. The van der Waals surface area contributed by atoms with Gasteiger partial charge in [0.25, 0.3) is 0 Å². The van der Waals surface area contributed by atoms with Crippen molar-refractivity contribution in [1.82, 2.24) is 0 Å². The van der Waals surface area contributed by atoms with Crippen molar-refractivity contribution in [2.24, 2.45) is 0 Å². The van der Waals surface area contributed by atoms with E-state index in [1.54, 1.807) is 6.92 Å². The van der Waals surface area contributed by atoms with E-state index in [9.17, 15) is 17.2 Å². The second-order valence-electron chi connectivity index (χ2n) is 2.07. The average molecular weight is 172 g/mol. The van der Waals surface area contributed by atoms with Crippen molar-refractivity contribution in [2.45, 2.75) is 31.3 Å². The molecule has 0 saturated carbocycles. The maximum Gasteiger partial charge on any atom is 0.336 e. The number of halogens is 2. The highest BCUT2D eigenvalue weighted by Gasteiger charge is 2.29. The van der Waals surface area contributed by atoms with E-state index in [0.717, 1.165) is 0 Å². The Bertz CT molecular complexity index is 186. The number of alkyl halides is 2. The van der Waals surface area contributed by atoms with Crippen LogP contribution in [0.15, 0.2) is 0 Å². The zero-order valence-corrected chi connectivity index (χ0v) is 6.66. The predicted octanol–water partition coefficient (Wildman–Crippen LogP) is 1.42. The first-order valence-electron chi connectivity index (χ1n) is 2.93. The molecule has 5 heteroatoms. The molecule has 0 amide bonds. The summed E-state index contributed by atoms with van der Waals surface area (Å²) >= 11 is 0. The molecule has 0 spiro atoms. The minimum absolute atomic E-state index is 0.229. The smallest absolute Gasteiger partial charge is 0.223 e. The summed E-state index contributed by atoms with van der Waals surface area (Å²) in [6.45, 7) is 2.84. The molecule has 10 heavy (non-hydrogen) atoms. The molecule has 0 fully saturated rings. The molecule has 1 unspecified atom stereocenters. The van der Waals surface area contributed by atoms with Crippen LogP contribution in [0, 0.1) is 0 Å². The molecule has 0 aliphatic heterocycles. The summed E-state index contributed by atoms with van der Waals surface area (Å²) < 4.78 is 44.3. The van der Waals surface area contributed by atoms with Gasteiger partial charge in [-0.25, -0.2) is 8.42 Å². The third-order valence-corrected chi connectivity index (χ3v) is 3.34. The molecule has 0 N–H and O–H groups in total. The van der Waals surface area contributed by atoms with Crippen LogP contribution in [0.5, 0.6) is 0 Å². The number of rotatable bonds is 3. The topological polar surface area (TPSA) is 34.1 Å². The molecule has 0 aliphatic rings. The zero-order valence-electron chi connectivity index (χ0n) is 5.84. The highest BCUT2D eigenvalue weighted by atomic mass is 32.2. The summed E-state index contributed by atoms with van der Waals surface area (Å²) in [7, 11) is -4.16. The van der Waals surface area contributed by atoms with Gasteiger partial charge in [0.1, 0.15) is 0 Å². The Morgan fingerprint density at radius 1 is 1.40 bits per heavy atom. The van der Waals surface area contributed by atoms with Crippen molar-refractivity contribution in [1.29, 1.82) is 0 Å².